The number of nitrogens with zero attached hydrogens (tertiary/aromatic N) is 1. The number of aliphatic hydroxyl groups is 1. The molecule has 1 fully saturated rings. The molecule has 3 aromatic carbocycles. The molecular weight excluding hydrogens is 452 g/mol. The zero-order valence-corrected chi connectivity index (χ0v) is 19.0. The molecule has 1 saturated heterocycles. The molecule has 1 aromatic heterocycles. The Morgan fingerprint density at radius 3 is 2.65 bits per heavy atom. The summed E-state index contributed by atoms with van der Waals surface area (Å²) in [4.78, 5) is 31.1. The maximum atomic E-state index is 13.4. The van der Waals surface area contributed by atoms with Gasteiger partial charge in [0.1, 0.15) is 11.5 Å². The summed E-state index contributed by atoms with van der Waals surface area (Å²) in [6.07, 6.45) is 1.64. The van der Waals surface area contributed by atoms with Crippen molar-refractivity contribution in [3.63, 3.8) is 0 Å². The number of anilines is 1. The van der Waals surface area contributed by atoms with E-state index in [0.29, 0.717) is 34.2 Å². The number of hydrogen-bond acceptors (Lipinski definition) is 4. The molecule has 7 heteroatoms. The monoisotopic (exact) mass is 472 g/mol. The first-order chi connectivity index (χ1) is 16.5. The third kappa shape index (κ3) is 3.62. The molecule has 1 aliphatic rings. The predicted molar refractivity (Wildman–Crippen MR) is 132 cm³/mol. The fourth-order valence-electron chi connectivity index (χ4n) is 4.39. The van der Waals surface area contributed by atoms with Crippen molar-refractivity contribution in [3.8, 4) is 5.75 Å². The highest BCUT2D eigenvalue weighted by molar-refractivity contribution is 6.52. The maximum absolute atomic E-state index is 13.4. The zero-order chi connectivity index (χ0) is 23.8. The molecule has 1 unspecified atom stereocenters. The molecule has 1 amide bonds. The summed E-state index contributed by atoms with van der Waals surface area (Å²) in [6.45, 7) is 2.34. The average Bonchev–Trinajstić information content (AvgIpc) is 3.38. The Hall–Kier alpha value is -4.03. The largest absolute Gasteiger partial charge is 0.507 e. The first-order valence-electron chi connectivity index (χ1n) is 10.9. The van der Waals surface area contributed by atoms with Crippen LogP contribution in [0.2, 0.25) is 5.02 Å². The number of ketones is 1. The summed E-state index contributed by atoms with van der Waals surface area (Å²) in [6, 6.07) is 20.5. The van der Waals surface area contributed by atoms with E-state index in [1.54, 1.807) is 54.7 Å². The van der Waals surface area contributed by atoms with E-state index in [1.807, 2.05) is 31.2 Å². The smallest absolute Gasteiger partial charge is 0.300 e. The van der Waals surface area contributed by atoms with E-state index >= 15 is 0 Å². The second-order valence-corrected chi connectivity index (χ2v) is 8.34. The zero-order valence-electron chi connectivity index (χ0n) is 18.3. The third-order valence-electron chi connectivity index (χ3n) is 5.86. The van der Waals surface area contributed by atoms with Crippen molar-refractivity contribution in [1.82, 2.24) is 4.98 Å². The summed E-state index contributed by atoms with van der Waals surface area (Å²) < 4.78 is 5.65. The van der Waals surface area contributed by atoms with Crippen molar-refractivity contribution in [3.05, 3.63) is 101 Å². The number of carbonyl (C=O) groups excluding carboxylic acids is 2. The minimum absolute atomic E-state index is 0.00313. The fraction of sp³-hybridized carbons (Fsp3) is 0.111. The summed E-state index contributed by atoms with van der Waals surface area (Å²) in [7, 11) is 0. The van der Waals surface area contributed by atoms with E-state index in [1.165, 1.54) is 4.90 Å². The molecule has 0 bridgehead atoms. The van der Waals surface area contributed by atoms with Crippen LogP contribution in [0, 0.1) is 0 Å². The van der Waals surface area contributed by atoms with Gasteiger partial charge in [-0.2, -0.15) is 0 Å². The van der Waals surface area contributed by atoms with E-state index < -0.39 is 17.7 Å². The number of halogens is 1. The predicted octanol–water partition coefficient (Wildman–Crippen LogP) is 5.85. The van der Waals surface area contributed by atoms with Gasteiger partial charge in [-0.05, 0) is 48.9 Å². The number of para-hydroxylation sites is 1. The van der Waals surface area contributed by atoms with Gasteiger partial charge in [-0.3, -0.25) is 14.5 Å². The number of aromatic nitrogens is 1. The molecule has 4 aromatic rings. The van der Waals surface area contributed by atoms with Gasteiger partial charge < -0.3 is 14.8 Å². The van der Waals surface area contributed by atoms with E-state index in [2.05, 4.69) is 4.98 Å². The van der Waals surface area contributed by atoms with Crippen molar-refractivity contribution < 1.29 is 19.4 Å². The van der Waals surface area contributed by atoms with Crippen molar-refractivity contribution in [1.29, 1.82) is 0 Å². The van der Waals surface area contributed by atoms with Gasteiger partial charge in [-0.15, -0.1) is 0 Å². The maximum Gasteiger partial charge on any atom is 0.300 e. The number of aliphatic hydroxyl groups excluding tert-OH is 1. The number of ether oxygens (including phenoxy) is 1. The number of rotatable bonds is 5. The lowest BCUT2D eigenvalue weighted by Gasteiger charge is -2.26. The van der Waals surface area contributed by atoms with E-state index in [9.17, 15) is 14.7 Å². The number of amides is 1. The topological polar surface area (TPSA) is 82.6 Å². The molecule has 1 atom stereocenters. The molecule has 34 heavy (non-hydrogen) atoms. The molecule has 0 spiro atoms. The van der Waals surface area contributed by atoms with Crippen LogP contribution in [0.25, 0.3) is 16.7 Å². The van der Waals surface area contributed by atoms with Crippen LogP contribution in [0.15, 0.2) is 84.6 Å². The fourth-order valence-corrected chi connectivity index (χ4v) is 4.58. The van der Waals surface area contributed by atoms with Crippen LogP contribution in [-0.2, 0) is 9.59 Å². The third-order valence-corrected chi connectivity index (χ3v) is 6.10. The van der Waals surface area contributed by atoms with Gasteiger partial charge in [0.15, 0.2) is 0 Å². The van der Waals surface area contributed by atoms with Crippen molar-refractivity contribution in [2.75, 3.05) is 11.5 Å². The van der Waals surface area contributed by atoms with Crippen LogP contribution in [0.5, 0.6) is 5.75 Å². The Kier molecular flexibility index (Phi) is 5.59. The second kappa shape index (κ2) is 8.72. The number of aromatic amines is 1. The number of benzene rings is 3. The molecule has 1 aliphatic heterocycles. The second-order valence-electron chi connectivity index (χ2n) is 7.90. The number of nitrogens with one attached hydrogen (secondary N) is 1. The van der Waals surface area contributed by atoms with Crippen LogP contribution in [0.4, 0.5) is 5.69 Å². The number of hydrogen-bond donors (Lipinski definition) is 2. The molecular formula is C27H21ClN2O4. The van der Waals surface area contributed by atoms with Crippen molar-refractivity contribution >= 4 is 45.6 Å². The number of fused-ring (bicyclic) bond motifs is 1. The first-order valence-corrected chi connectivity index (χ1v) is 11.2. The molecule has 5 rings (SSSR count). The average molecular weight is 473 g/mol. The molecule has 2 N–H and O–H groups in total. The summed E-state index contributed by atoms with van der Waals surface area (Å²) in [5.41, 5.74) is 2.35. The highest BCUT2D eigenvalue weighted by Gasteiger charge is 2.47. The molecule has 170 valence electrons. The lowest BCUT2D eigenvalue weighted by Crippen LogP contribution is -2.29. The standard InChI is InChI=1S/C27H21ClN2O4/c1-2-34-19-10-5-7-16(13-19)24-23(25(31)21-15-29-22-12-4-3-11-20(21)22)26(32)27(33)30(24)18-9-6-8-17(28)14-18/h3-15,24,29,31H,2H2,1H3/b25-23-. The number of carbonyl (C=O) groups is 2. The lowest BCUT2D eigenvalue weighted by atomic mass is 9.95. The van der Waals surface area contributed by atoms with Gasteiger partial charge in [-0.1, -0.05) is 48.0 Å². The minimum atomic E-state index is -0.868. The van der Waals surface area contributed by atoms with Gasteiger partial charge in [-0.25, -0.2) is 0 Å². The Labute approximate surface area is 201 Å². The minimum Gasteiger partial charge on any atom is -0.507 e. The van der Waals surface area contributed by atoms with Crippen molar-refractivity contribution in [2.45, 2.75) is 13.0 Å². The van der Waals surface area contributed by atoms with Crippen LogP contribution in [-0.4, -0.2) is 28.4 Å². The first kappa shape index (κ1) is 21.8. The van der Waals surface area contributed by atoms with Crippen LogP contribution in [0.1, 0.15) is 24.1 Å². The van der Waals surface area contributed by atoms with Crippen molar-refractivity contribution in [2.24, 2.45) is 0 Å². The van der Waals surface area contributed by atoms with Gasteiger partial charge in [0.25, 0.3) is 11.7 Å². The van der Waals surface area contributed by atoms with Crippen LogP contribution >= 0.6 is 11.6 Å². The Morgan fingerprint density at radius 1 is 1.06 bits per heavy atom. The molecule has 0 saturated carbocycles. The van der Waals surface area contributed by atoms with Gasteiger partial charge >= 0.3 is 0 Å². The summed E-state index contributed by atoms with van der Waals surface area (Å²) >= 11 is 6.20. The summed E-state index contributed by atoms with van der Waals surface area (Å²) in [5.74, 6) is -1.15. The Morgan fingerprint density at radius 2 is 1.85 bits per heavy atom. The molecule has 2 heterocycles. The van der Waals surface area contributed by atoms with Gasteiger partial charge in [0.2, 0.25) is 0 Å². The highest BCUT2D eigenvalue weighted by atomic mass is 35.5. The number of Topliss-reactive ketones (excluding diaryl/α,β-unsaturated/α-hetero) is 1. The highest BCUT2D eigenvalue weighted by Crippen LogP contribution is 2.44. The SMILES string of the molecule is CCOc1cccc(C2/C(=C(/O)c3c[nH]c4ccccc34)C(=O)C(=O)N2c2cccc(Cl)c2)c1. The molecule has 0 aliphatic carbocycles. The van der Waals surface area contributed by atoms with E-state index in [4.69, 9.17) is 16.3 Å². The Balaban J connectivity index is 1.75. The summed E-state index contributed by atoms with van der Waals surface area (Å²) in [5, 5.41) is 12.6. The lowest BCUT2D eigenvalue weighted by molar-refractivity contribution is -0.132. The van der Waals surface area contributed by atoms with Gasteiger partial charge in [0.05, 0.1) is 18.2 Å². The van der Waals surface area contributed by atoms with E-state index in [0.717, 1.165) is 10.9 Å². The van der Waals surface area contributed by atoms with Crippen LogP contribution < -0.4 is 9.64 Å². The molecule has 0 radical (unpaired) electrons. The molecule has 6 nitrogen and oxygen atoms in total. The van der Waals surface area contributed by atoms with Crippen LogP contribution in [0.3, 0.4) is 0 Å². The quantitative estimate of drug-likeness (QED) is 0.217. The Bertz CT molecular complexity index is 1460. The van der Waals surface area contributed by atoms with E-state index in [-0.39, 0.29) is 11.3 Å². The normalized spacial score (nSPS) is 17.5. The number of H-pyrrole nitrogens is 1. The van der Waals surface area contributed by atoms with Gasteiger partial charge in [0, 0.05) is 33.4 Å².